The Morgan fingerprint density at radius 2 is 1.85 bits per heavy atom. The van der Waals surface area contributed by atoms with Crippen LogP contribution in [0.4, 0.5) is 4.79 Å². The lowest BCUT2D eigenvalue weighted by Crippen LogP contribution is -2.51. The summed E-state index contributed by atoms with van der Waals surface area (Å²) < 4.78 is 7.45. The number of hydrogen-bond donors (Lipinski definition) is 1. The van der Waals surface area contributed by atoms with E-state index in [2.05, 4.69) is 51.8 Å². The number of pyridine rings is 1. The molecule has 0 spiro atoms. The molecular weight excluding hydrogens is 416 g/mol. The second kappa shape index (κ2) is 9.07. The topological polar surface area (TPSA) is 79.4 Å². The molecule has 0 aliphatic carbocycles. The first-order valence-electron chi connectivity index (χ1n) is 11.3. The monoisotopic (exact) mass is 444 g/mol. The number of carbonyl (C=O) groups excluding carboxylic acids is 1. The summed E-state index contributed by atoms with van der Waals surface area (Å²) in [5.41, 5.74) is 5.27. The van der Waals surface area contributed by atoms with Crippen LogP contribution >= 0.6 is 0 Å². The quantitative estimate of drug-likeness (QED) is 0.508. The highest BCUT2D eigenvalue weighted by Crippen LogP contribution is 2.23. The van der Waals surface area contributed by atoms with Crippen LogP contribution in [0, 0.1) is 13.8 Å². The lowest BCUT2D eigenvalue weighted by Gasteiger charge is -2.34. The number of carbonyl (C=O) groups is 1. The maximum absolute atomic E-state index is 12.5. The normalized spacial score (nSPS) is 14.7. The van der Waals surface area contributed by atoms with E-state index in [0.29, 0.717) is 26.2 Å². The van der Waals surface area contributed by atoms with Gasteiger partial charge in [-0.25, -0.2) is 14.8 Å². The molecule has 0 radical (unpaired) electrons. The fourth-order valence-electron chi connectivity index (χ4n) is 4.41. The van der Waals surface area contributed by atoms with Gasteiger partial charge in [-0.1, -0.05) is 6.07 Å². The molecule has 33 heavy (non-hydrogen) atoms. The van der Waals surface area contributed by atoms with Crippen LogP contribution in [0.25, 0.3) is 16.9 Å². The maximum Gasteiger partial charge on any atom is 0.317 e. The van der Waals surface area contributed by atoms with Crippen LogP contribution in [0.3, 0.4) is 0 Å². The molecule has 0 bridgehead atoms. The third-order valence-electron chi connectivity index (χ3n) is 5.97. The molecule has 2 amide bonds. The van der Waals surface area contributed by atoms with Crippen molar-refractivity contribution < 1.29 is 9.21 Å². The second-order valence-corrected chi connectivity index (χ2v) is 8.56. The van der Waals surface area contributed by atoms with Gasteiger partial charge in [-0.05, 0) is 61.4 Å². The van der Waals surface area contributed by atoms with E-state index in [9.17, 15) is 4.79 Å². The van der Waals surface area contributed by atoms with Crippen LogP contribution in [0.15, 0.2) is 59.3 Å². The number of nitrogens with zero attached hydrogens (tertiary/aromatic N) is 5. The fraction of sp³-hybridized carbons (Fsp3) is 0.320. The highest BCUT2D eigenvalue weighted by Gasteiger charge is 2.23. The number of nitrogens with one attached hydrogen (secondary N) is 1. The summed E-state index contributed by atoms with van der Waals surface area (Å²) in [7, 11) is 0. The van der Waals surface area contributed by atoms with E-state index in [1.165, 1.54) is 11.1 Å². The Hall–Kier alpha value is -3.65. The molecule has 1 saturated heterocycles. The Labute approximate surface area is 192 Å². The molecule has 0 saturated carbocycles. The molecule has 3 aromatic heterocycles. The average Bonchev–Trinajstić information content (AvgIpc) is 3.45. The number of fused-ring (bicyclic) bond motifs is 1. The summed E-state index contributed by atoms with van der Waals surface area (Å²) in [6, 6.07) is 14.1. The predicted molar refractivity (Wildman–Crippen MR) is 126 cm³/mol. The van der Waals surface area contributed by atoms with Crippen molar-refractivity contribution in [3.05, 3.63) is 77.6 Å². The van der Waals surface area contributed by atoms with Gasteiger partial charge in [-0.3, -0.25) is 9.47 Å². The standard InChI is InChI=1S/C25H28N6O2/c1-18-13-19(2)15-20(14-18)31-23(28-22-6-3-7-26-24(22)31)17-29-8-10-30(11-9-29)25(32)27-16-21-5-4-12-33-21/h3-7,12-15H,8-11,16-17H2,1-2H3,(H,27,32). The van der Waals surface area contributed by atoms with E-state index >= 15 is 0 Å². The molecule has 4 heterocycles. The van der Waals surface area contributed by atoms with E-state index < -0.39 is 0 Å². The first kappa shape index (κ1) is 21.2. The Balaban J connectivity index is 1.30. The lowest BCUT2D eigenvalue weighted by atomic mass is 10.1. The first-order chi connectivity index (χ1) is 16.1. The summed E-state index contributed by atoms with van der Waals surface area (Å²) in [6.45, 7) is 8.25. The smallest absolute Gasteiger partial charge is 0.317 e. The Morgan fingerprint density at radius 3 is 2.58 bits per heavy atom. The van der Waals surface area contributed by atoms with E-state index in [4.69, 9.17) is 9.40 Å². The minimum absolute atomic E-state index is 0.0577. The Bertz CT molecular complexity index is 1240. The largest absolute Gasteiger partial charge is 0.467 e. The molecule has 8 heteroatoms. The number of rotatable bonds is 5. The van der Waals surface area contributed by atoms with Crippen molar-refractivity contribution >= 4 is 17.2 Å². The van der Waals surface area contributed by atoms with Crippen molar-refractivity contribution in [1.29, 1.82) is 0 Å². The van der Waals surface area contributed by atoms with Gasteiger partial charge in [0.05, 0.1) is 19.4 Å². The lowest BCUT2D eigenvalue weighted by molar-refractivity contribution is 0.132. The number of benzene rings is 1. The van der Waals surface area contributed by atoms with Crippen LogP contribution in [-0.2, 0) is 13.1 Å². The number of imidazole rings is 1. The molecule has 8 nitrogen and oxygen atoms in total. The van der Waals surface area contributed by atoms with Crippen LogP contribution in [0.5, 0.6) is 0 Å². The van der Waals surface area contributed by atoms with Gasteiger partial charge < -0.3 is 14.6 Å². The molecular formula is C25H28N6O2. The fourth-order valence-corrected chi connectivity index (χ4v) is 4.41. The average molecular weight is 445 g/mol. The molecule has 1 aliphatic rings. The van der Waals surface area contributed by atoms with Crippen molar-refractivity contribution in [3.63, 3.8) is 0 Å². The Morgan fingerprint density at radius 1 is 1.06 bits per heavy atom. The van der Waals surface area contributed by atoms with Crippen LogP contribution < -0.4 is 5.32 Å². The second-order valence-electron chi connectivity index (χ2n) is 8.56. The zero-order valence-electron chi connectivity index (χ0n) is 19.0. The summed E-state index contributed by atoms with van der Waals surface area (Å²) in [5.74, 6) is 1.71. The highest BCUT2D eigenvalue weighted by molar-refractivity contribution is 5.74. The van der Waals surface area contributed by atoms with Crippen molar-refractivity contribution in [2.24, 2.45) is 0 Å². The van der Waals surface area contributed by atoms with Gasteiger partial charge in [0.15, 0.2) is 5.65 Å². The minimum atomic E-state index is -0.0577. The minimum Gasteiger partial charge on any atom is -0.467 e. The van der Waals surface area contributed by atoms with Crippen LogP contribution in [0.2, 0.25) is 0 Å². The van der Waals surface area contributed by atoms with Gasteiger partial charge in [0.2, 0.25) is 0 Å². The SMILES string of the molecule is Cc1cc(C)cc(-n2c(CN3CCN(C(=O)NCc4ccco4)CC3)nc3cccnc32)c1. The molecule has 0 unspecified atom stereocenters. The van der Waals surface area contributed by atoms with Crippen molar-refractivity contribution in [1.82, 2.24) is 29.7 Å². The van der Waals surface area contributed by atoms with Crippen molar-refractivity contribution in [3.8, 4) is 5.69 Å². The number of aromatic nitrogens is 3. The molecule has 4 aromatic rings. The molecule has 1 fully saturated rings. The molecule has 1 aromatic carbocycles. The summed E-state index contributed by atoms with van der Waals surface area (Å²) in [4.78, 5) is 26.2. The van der Waals surface area contributed by atoms with Gasteiger partial charge in [0, 0.05) is 38.1 Å². The van der Waals surface area contributed by atoms with E-state index in [-0.39, 0.29) is 6.03 Å². The van der Waals surface area contributed by atoms with E-state index in [1.807, 2.05) is 35.4 Å². The molecule has 5 rings (SSSR count). The van der Waals surface area contributed by atoms with Gasteiger partial charge >= 0.3 is 6.03 Å². The Kier molecular flexibility index (Phi) is 5.83. The molecule has 0 atom stereocenters. The van der Waals surface area contributed by atoms with Crippen molar-refractivity contribution in [2.45, 2.75) is 26.9 Å². The summed E-state index contributed by atoms with van der Waals surface area (Å²) in [6.07, 6.45) is 3.42. The van der Waals surface area contributed by atoms with Crippen LogP contribution in [-0.4, -0.2) is 56.5 Å². The maximum atomic E-state index is 12.5. The van der Waals surface area contributed by atoms with Crippen molar-refractivity contribution in [2.75, 3.05) is 26.2 Å². The zero-order chi connectivity index (χ0) is 22.8. The summed E-state index contributed by atoms with van der Waals surface area (Å²) >= 11 is 0. The van der Waals surface area contributed by atoms with Gasteiger partial charge in [-0.15, -0.1) is 0 Å². The number of furan rings is 1. The number of hydrogen-bond acceptors (Lipinski definition) is 5. The highest BCUT2D eigenvalue weighted by atomic mass is 16.3. The first-order valence-corrected chi connectivity index (χ1v) is 11.3. The van der Waals surface area contributed by atoms with Crippen LogP contribution in [0.1, 0.15) is 22.7 Å². The number of aryl methyl sites for hydroxylation is 2. The number of amides is 2. The molecule has 1 N–H and O–H groups in total. The third-order valence-corrected chi connectivity index (χ3v) is 5.97. The summed E-state index contributed by atoms with van der Waals surface area (Å²) in [5, 5.41) is 2.93. The van der Waals surface area contributed by atoms with Gasteiger partial charge in [-0.2, -0.15) is 0 Å². The van der Waals surface area contributed by atoms with Gasteiger partial charge in [0.1, 0.15) is 17.1 Å². The van der Waals surface area contributed by atoms with E-state index in [1.54, 1.807) is 6.26 Å². The predicted octanol–water partition coefficient (Wildman–Crippen LogP) is 3.66. The van der Waals surface area contributed by atoms with Gasteiger partial charge in [0.25, 0.3) is 0 Å². The number of urea groups is 1. The molecule has 170 valence electrons. The van der Waals surface area contributed by atoms with E-state index in [0.717, 1.165) is 41.5 Å². The number of piperazine rings is 1. The zero-order valence-corrected chi connectivity index (χ0v) is 19.0. The third kappa shape index (κ3) is 4.61. The molecule has 1 aliphatic heterocycles.